The number of sulfonamides is 1. The minimum atomic E-state index is -3.62. The number of rotatable bonds is 5. The van der Waals surface area contributed by atoms with Gasteiger partial charge in [0.2, 0.25) is 10.0 Å². The third-order valence-corrected chi connectivity index (χ3v) is 6.75. The molecule has 114 valence electrons. The fourth-order valence-electron chi connectivity index (χ4n) is 1.75. The maximum Gasteiger partial charge on any atom is 0.243 e. The first-order valence-electron chi connectivity index (χ1n) is 5.93. The van der Waals surface area contributed by atoms with Gasteiger partial charge in [-0.15, -0.1) is 11.3 Å². The molecule has 0 aliphatic carbocycles. The molecule has 1 aromatic carbocycles. The third-order valence-electron chi connectivity index (χ3n) is 2.90. The molecular formula is C13H13BrClNO3S2. The van der Waals surface area contributed by atoms with Gasteiger partial charge in [0.1, 0.15) is 0 Å². The van der Waals surface area contributed by atoms with Crippen LogP contribution in [0.4, 0.5) is 0 Å². The van der Waals surface area contributed by atoms with Crippen molar-refractivity contribution >= 4 is 48.9 Å². The fourth-order valence-corrected chi connectivity index (χ4v) is 4.72. The van der Waals surface area contributed by atoms with E-state index < -0.39 is 10.0 Å². The summed E-state index contributed by atoms with van der Waals surface area (Å²) in [5, 5.41) is 11.4. The van der Waals surface area contributed by atoms with Crippen molar-refractivity contribution in [2.24, 2.45) is 0 Å². The van der Waals surface area contributed by atoms with Gasteiger partial charge in [0.05, 0.1) is 11.5 Å². The molecule has 0 saturated heterocycles. The molecule has 0 aliphatic rings. The van der Waals surface area contributed by atoms with E-state index in [1.807, 2.05) is 11.4 Å². The Kier molecular flexibility index (Phi) is 5.45. The lowest BCUT2D eigenvalue weighted by atomic mass is 10.2. The molecule has 2 aromatic rings. The zero-order valence-electron chi connectivity index (χ0n) is 11.1. The Bertz CT molecular complexity index is 746. The number of benzene rings is 1. The van der Waals surface area contributed by atoms with Crippen molar-refractivity contribution in [1.82, 2.24) is 4.31 Å². The Labute approximate surface area is 141 Å². The minimum absolute atomic E-state index is 0.120. The standard InChI is InChI=1S/C13H13BrClNO3S2/c1-16(6-11-5-10(14)8-20-11)21(18,19)12-2-3-13(15)9(4-12)7-17/h2-5,8,17H,6-7H2,1H3. The molecular weight excluding hydrogens is 398 g/mol. The maximum absolute atomic E-state index is 12.5. The van der Waals surface area contributed by atoms with Crippen LogP contribution < -0.4 is 0 Å². The van der Waals surface area contributed by atoms with E-state index in [1.165, 1.54) is 40.9 Å². The summed E-state index contributed by atoms with van der Waals surface area (Å²) in [5.74, 6) is 0. The third kappa shape index (κ3) is 3.85. The Morgan fingerprint density at radius 1 is 1.38 bits per heavy atom. The number of nitrogens with zero attached hydrogens (tertiary/aromatic N) is 1. The molecule has 0 aliphatic heterocycles. The highest BCUT2D eigenvalue weighted by Crippen LogP contribution is 2.25. The molecule has 1 N–H and O–H groups in total. The topological polar surface area (TPSA) is 57.6 Å². The largest absolute Gasteiger partial charge is 0.392 e. The summed E-state index contributed by atoms with van der Waals surface area (Å²) in [6, 6.07) is 6.21. The molecule has 0 bridgehead atoms. The van der Waals surface area contributed by atoms with Crippen molar-refractivity contribution in [3.05, 3.63) is 49.6 Å². The molecule has 4 nitrogen and oxygen atoms in total. The summed E-state index contributed by atoms with van der Waals surface area (Å²) >= 11 is 10.7. The number of hydrogen-bond donors (Lipinski definition) is 1. The van der Waals surface area contributed by atoms with E-state index in [1.54, 1.807) is 0 Å². The first-order chi connectivity index (χ1) is 9.84. The molecule has 2 rings (SSSR count). The lowest BCUT2D eigenvalue weighted by Crippen LogP contribution is -2.26. The van der Waals surface area contributed by atoms with E-state index in [9.17, 15) is 13.5 Å². The number of aliphatic hydroxyl groups is 1. The van der Waals surface area contributed by atoms with Crippen LogP contribution in [0.2, 0.25) is 5.02 Å². The molecule has 0 unspecified atom stereocenters. The van der Waals surface area contributed by atoms with E-state index in [-0.39, 0.29) is 18.0 Å². The van der Waals surface area contributed by atoms with Gasteiger partial charge in [-0.3, -0.25) is 0 Å². The van der Waals surface area contributed by atoms with Gasteiger partial charge in [-0.2, -0.15) is 4.31 Å². The summed E-state index contributed by atoms with van der Waals surface area (Å²) < 4.78 is 27.2. The van der Waals surface area contributed by atoms with Gasteiger partial charge >= 0.3 is 0 Å². The zero-order chi connectivity index (χ0) is 15.6. The number of halogens is 2. The Morgan fingerprint density at radius 2 is 2.10 bits per heavy atom. The highest BCUT2D eigenvalue weighted by atomic mass is 79.9. The Hall–Kier alpha value is -0.440. The molecule has 0 amide bonds. The van der Waals surface area contributed by atoms with Crippen molar-refractivity contribution in [2.45, 2.75) is 18.0 Å². The van der Waals surface area contributed by atoms with Gasteiger partial charge in [-0.25, -0.2) is 8.42 Å². The highest BCUT2D eigenvalue weighted by Gasteiger charge is 2.22. The average molecular weight is 411 g/mol. The number of thiophene rings is 1. The van der Waals surface area contributed by atoms with Crippen LogP contribution in [0.25, 0.3) is 0 Å². The van der Waals surface area contributed by atoms with Gasteiger partial charge < -0.3 is 5.11 Å². The molecule has 8 heteroatoms. The van der Waals surface area contributed by atoms with Crippen LogP contribution in [0.3, 0.4) is 0 Å². The normalized spacial score (nSPS) is 12.0. The zero-order valence-corrected chi connectivity index (χ0v) is 15.1. The van der Waals surface area contributed by atoms with Crippen molar-refractivity contribution < 1.29 is 13.5 Å². The Balaban J connectivity index is 2.28. The number of hydrogen-bond acceptors (Lipinski definition) is 4. The van der Waals surface area contributed by atoms with Crippen LogP contribution in [-0.2, 0) is 23.2 Å². The smallest absolute Gasteiger partial charge is 0.243 e. The minimum Gasteiger partial charge on any atom is -0.392 e. The van der Waals surface area contributed by atoms with Crippen molar-refractivity contribution in [2.75, 3.05) is 7.05 Å². The number of aliphatic hydroxyl groups excluding tert-OH is 1. The van der Waals surface area contributed by atoms with Crippen molar-refractivity contribution in [1.29, 1.82) is 0 Å². The summed E-state index contributed by atoms with van der Waals surface area (Å²) in [4.78, 5) is 1.05. The highest BCUT2D eigenvalue weighted by molar-refractivity contribution is 9.10. The summed E-state index contributed by atoms with van der Waals surface area (Å²) in [5.41, 5.74) is 0.394. The second-order valence-corrected chi connectivity index (χ2v) is 8.77. The van der Waals surface area contributed by atoms with Crippen LogP contribution in [0.5, 0.6) is 0 Å². The van der Waals surface area contributed by atoms with E-state index >= 15 is 0 Å². The monoisotopic (exact) mass is 409 g/mol. The van der Waals surface area contributed by atoms with Crippen LogP contribution in [0.15, 0.2) is 39.0 Å². The molecule has 0 radical (unpaired) electrons. The van der Waals surface area contributed by atoms with Crippen molar-refractivity contribution in [3.63, 3.8) is 0 Å². The summed E-state index contributed by atoms with van der Waals surface area (Å²) in [6.07, 6.45) is 0. The fraction of sp³-hybridized carbons (Fsp3) is 0.231. The molecule has 0 fully saturated rings. The molecule has 0 atom stereocenters. The average Bonchev–Trinajstić information content (AvgIpc) is 2.84. The van der Waals surface area contributed by atoms with Crippen LogP contribution in [0.1, 0.15) is 10.4 Å². The second-order valence-electron chi connectivity index (χ2n) is 4.40. The van der Waals surface area contributed by atoms with Gasteiger partial charge in [0, 0.05) is 33.3 Å². The van der Waals surface area contributed by atoms with Crippen LogP contribution in [-0.4, -0.2) is 24.9 Å². The summed E-state index contributed by atoms with van der Waals surface area (Å²) in [6.45, 7) is -0.0144. The van der Waals surface area contributed by atoms with Crippen LogP contribution >= 0.6 is 38.9 Å². The molecule has 1 heterocycles. The maximum atomic E-state index is 12.5. The summed E-state index contributed by atoms with van der Waals surface area (Å²) in [7, 11) is -2.10. The van der Waals surface area contributed by atoms with E-state index in [0.29, 0.717) is 10.6 Å². The van der Waals surface area contributed by atoms with E-state index in [2.05, 4.69) is 15.9 Å². The predicted octanol–water partition coefficient (Wildman–Crippen LogP) is 3.48. The van der Waals surface area contributed by atoms with E-state index in [0.717, 1.165) is 9.35 Å². The molecule has 1 aromatic heterocycles. The van der Waals surface area contributed by atoms with Crippen LogP contribution in [0, 0.1) is 0 Å². The van der Waals surface area contributed by atoms with Crippen molar-refractivity contribution in [3.8, 4) is 0 Å². The lowest BCUT2D eigenvalue weighted by molar-refractivity contribution is 0.281. The first kappa shape index (κ1) is 16.9. The molecule has 0 spiro atoms. The van der Waals surface area contributed by atoms with E-state index in [4.69, 9.17) is 11.6 Å². The predicted molar refractivity (Wildman–Crippen MR) is 88.0 cm³/mol. The second kappa shape index (κ2) is 6.76. The first-order valence-corrected chi connectivity index (χ1v) is 9.42. The van der Waals surface area contributed by atoms with Gasteiger partial charge in [0.25, 0.3) is 0 Å². The molecule has 0 saturated carbocycles. The quantitative estimate of drug-likeness (QED) is 0.821. The molecule has 21 heavy (non-hydrogen) atoms. The SMILES string of the molecule is CN(Cc1cc(Br)cs1)S(=O)(=O)c1ccc(Cl)c(CO)c1. The van der Waals surface area contributed by atoms with Gasteiger partial charge in [0.15, 0.2) is 0 Å². The Morgan fingerprint density at radius 3 is 2.67 bits per heavy atom. The van der Waals surface area contributed by atoms with Gasteiger partial charge in [-0.1, -0.05) is 11.6 Å². The lowest BCUT2D eigenvalue weighted by Gasteiger charge is -2.17. The van der Waals surface area contributed by atoms with Gasteiger partial charge in [-0.05, 0) is 45.8 Å².